The molecule has 6 nitrogen and oxygen atoms in total. The summed E-state index contributed by atoms with van der Waals surface area (Å²) in [6.07, 6.45) is 1.86. The number of carbonyl (C=O) groups excluding carboxylic acids is 1. The fourth-order valence-corrected chi connectivity index (χ4v) is 4.23. The first kappa shape index (κ1) is 19.9. The van der Waals surface area contributed by atoms with E-state index in [2.05, 4.69) is 9.80 Å². The second kappa shape index (κ2) is 9.37. The van der Waals surface area contributed by atoms with Gasteiger partial charge in [0.25, 0.3) is 0 Å². The third-order valence-electron chi connectivity index (χ3n) is 5.81. The maximum absolute atomic E-state index is 13.3. The highest BCUT2D eigenvalue weighted by Crippen LogP contribution is 2.29. The Hall–Kier alpha value is -1.86. The quantitative estimate of drug-likeness (QED) is 0.786. The number of ether oxygens (including phenoxy) is 2. The van der Waals surface area contributed by atoms with Crippen LogP contribution >= 0.6 is 0 Å². The summed E-state index contributed by atoms with van der Waals surface area (Å²) < 4.78 is 23.5. The van der Waals surface area contributed by atoms with E-state index in [0.717, 1.165) is 57.9 Å². The SMILES string of the molecule is COCCN1CCC(C2CN(c3ccc(F)cc3)CCN2C(=O)OC)CC1. The first-order valence-corrected chi connectivity index (χ1v) is 9.68. The summed E-state index contributed by atoms with van der Waals surface area (Å²) in [5.41, 5.74) is 1.00. The van der Waals surface area contributed by atoms with Crippen molar-refractivity contribution in [1.29, 1.82) is 0 Å². The van der Waals surface area contributed by atoms with E-state index in [1.807, 2.05) is 17.0 Å². The van der Waals surface area contributed by atoms with Crippen molar-refractivity contribution in [3.63, 3.8) is 0 Å². The molecule has 1 aromatic rings. The van der Waals surface area contributed by atoms with Gasteiger partial charge in [-0.05, 0) is 56.1 Å². The van der Waals surface area contributed by atoms with Crippen molar-refractivity contribution in [2.75, 3.05) is 65.0 Å². The summed E-state index contributed by atoms with van der Waals surface area (Å²) in [6.45, 7) is 5.86. The van der Waals surface area contributed by atoms with Crippen molar-refractivity contribution in [3.05, 3.63) is 30.1 Å². The van der Waals surface area contributed by atoms with Gasteiger partial charge in [0.2, 0.25) is 0 Å². The van der Waals surface area contributed by atoms with Gasteiger partial charge in [-0.15, -0.1) is 0 Å². The molecule has 7 heteroatoms. The largest absolute Gasteiger partial charge is 0.453 e. The summed E-state index contributed by atoms with van der Waals surface area (Å²) in [5, 5.41) is 0. The van der Waals surface area contributed by atoms with Crippen LogP contribution < -0.4 is 4.90 Å². The lowest BCUT2D eigenvalue weighted by Gasteiger charge is -2.46. The van der Waals surface area contributed by atoms with Gasteiger partial charge in [0.05, 0.1) is 19.8 Å². The Bertz CT molecular complexity index is 605. The van der Waals surface area contributed by atoms with E-state index in [1.54, 1.807) is 7.11 Å². The van der Waals surface area contributed by atoms with E-state index < -0.39 is 0 Å². The Balaban J connectivity index is 1.68. The second-order valence-electron chi connectivity index (χ2n) is 7.33. The minimum absolute atomic E-state index is 0.112. The lowest BCUT2D eigenvalue weighted by molar-refractivity contribution is 0.0553. The number of carbonyl (C=O) groups is 1. The molecule has 1 atom stereocenters. The van der Waals surface area contributed by atoms with Crippen molar-refractivity contribution in [2.45, 2.75) is 18.9 Å². The van der Waals surface area contributed by atoms with Gasteiger partial charge >= 0.3 is 6.09 Å². The predicted octanol–water partition coefficient (Wildman–Crippen LogP) is 2.44. The van der Waals surface area contributed by atoms with Gasteiger partial charge in [-0.3, -0.25) is 0 Å². The van der Waals surface area contributed by atoms with E-state index in [-0.39, 0.29) is 18.0 Å². The fourth-order valence-electron chi connectivity index (χ4n) is 4.23. The van der Waals surface area contributed by atoms with E-state index in [0.29, 0.717) is 12.5 Å². The molecule has 0 N–H and O–H groups in total. The summed E-state index contributed by atoms with van der Waals surface area (Å²) in [5.74, 6) is 0.207. The molecule has 2 aliphatic heterocycles. The van der Waals surface area contributed by atoms with Crippen molar-refractivity contribution in [3.8, 4) is 0 Å². The van der Waals surface area contributed by atoms with Crippen molar-refractivity contribution < 1.29 is 18.7 Å². The molecule has 150 valence electrons. The summed E-state index contributed by atoms with van der Waals surface area (Å²) >= 11 is 0. The molecule has 0 spiro atoms. The zero-order chi connectivity index (χ0) is 19.2. The number of halogens is 1. The lowest BCUT2D eigenvalue weighted by atomic mass is 9.87. The molecule has 2 heterocycles. The normalized spacial score (nSPS) is 22.1. The third-order valence-corrected chi connectivity index (χ3v) is 5.81. The van der Waals surface area contributed by atoms with Gasteiger partial charge in [0.15, 0.2) is 0 Å². The van der Waals surface area contributed by atoms with Crippen LogP contribution in [0, 0.1) is 11.7 Å². The molecule has 0 radical (unpaired) electrons. The minimum atomic E-state index is -0.249. The molecule has 1 unspecified atom stereocenters. The highest BCUT2D eigenvalue weighted by atomic mass is 19.1. The number of piperidine rings is 1. The predicted molar refractivity (Wildman–Crippen MR) is 103 cm³/mol. The number of anilines is 1. The van der Waals surface area contributed by atoms with Gasteiger partial charge in [-0.25, -0.2) is 9.18 Å². The van der Waals surface area contributed by atoms with Gasteiger partial charge in [-0.1, -0.05) is 0 Å². The monoisotopic (exact) mass is 379 g/mol. The number of piperazine rings is 1. The van der Waals surface area contributed by atoms with Crippen LogP contribution in [0.3, 0.4) is 0 Å². The van der Waals surface area contributed by atoms with Gasteiger partial charge in [-0.2, -0.15) is 0 Å². The molecule has 2 saturated heterocycles. The minimum Gasteiger partial charge on any atom is -0.453 e. The zero-order valence-electron chi connectivity index (χ0n) is 16.3. The Morgan fingerprint density at radius 2 is 1.81 bits per heavy atom. The number of nitrogens with zero attached hydrogens (tertiary/aromatic N) is 3. The number of rotatable bonds is 5. The Morgan fingerprint density at radius 3 is 2.44 bits per heavy atom. The summed E-state index contributed by atoms with van der Waals surface area (Å²) in [4.78, 5) is 18.9. The van der Waals surface area contributed by atoms with Gasteiger partial charge in [0, 0.05) is 39.0 Å². The number of likely N-dealkylation sites (tertiary alicyclic amines) is 1. The topological polar surface area (TPSA) is 45.2 Å². The molecular formula is C20H30FN3O3. The Morgan fingerprint density at radius 1 is 1.11 bits per heavy atom. The molecule has 1 amide bonds. The molecular weight excluding hydrogens is 349 g/mol. The van der Waals surface area contributed by atoms with Crippen molar-refractivity contribution >= 4 is 11.8 Å². The number of amides is 1. The first-order chi connectivity index (χ1) is 13.1. The molecule has 0 aromatic heterocycles. The van der Waals surface area contributed by atoms with Crippen LogP contribution in [0.2, 0.25) is 0 Å². The van der Waals surface area contributed by atoms with E-state index in [4.69, 9.17) is 9.47 Å². The number of hydrogen-bond acceptors (Lipinski definition) is 5. The highest BCUT2D eigenvalue weighted by Gasteiger charge is 2.37. The highest BCUT2D eigenvalue weighted by molar-refractivity contribution is 5.68. The molecule has 0 aliphatic carbocycles. The molecule has 27 heavy (non-hydrogen) atoms. The molecule has 0 bridgehead atoms. The summed E-state index contributed by atoms with van der Waals surface area (Å²) in [7, 11) is 3.17. The second-order valence-corrected chi connectivity index (χ2v) is 7.33. The number of methoxy groups -OCH3 is 2. The van der Waals surface area contributed by atoms with Gasteiger partial charge in [0.1, 0.15) is 5.82 Å². The first-order valence-electron chi connectivity index (χ1n) is 9.68. The van der Waals surface area contributed by atoms with Crippen LogP contribution in [-0.4, -0.2) is 82.0 Å². The standard InChI is InChI=1S/C20H30FN3O3/c1-26-14-13-22-9-7-16(8-10-22)19-15-23(11-12-24(19)20(25)27-2)18-5-3-17(21)4-6-18/h3-6,16,19H,7-15H2,1-2H3. The molecule has 0 saturated carbocycles. The van der Waals surface area contributed by atoms with Crippen LogP contribution in [0.1, 0.15) is 12.8 Å². The Labute approximate surface area is 160 Å². The summed E-state index contributed by atoms with van der Waals surface area (Å²) in [6, 6.07) is 6.72. The smallest absolute Gasteiger partial charge is 0.409 e. The Kier molecular flexibility index (Phi) is 6.90. The number of benzene rings is 1. The van der Waals surface area contributed by atoms with E-state index >= 15 is 0 Å². The number of hydrogen-bond donors (Lipinski definition) is 0. The van der Waals surface area contributed by atoms with Crippen molar-refractivity contribution in [2.24, 2.45) is 5.92 Å². The maximum atomic E-state index is 13.3. The lowest BCUT2D eigenvalue weighted by Crippen LogP contribution is -2.59. The maximum Gasteiger partial charge on any atom is 0.409 e. The van der Waals surface area contributed by atoms with Crippen molar-refractivity contribution in [1.82, 2.24) is 9.80 Å². The zero-order valence-corrected chi connectivity index (χ0v) is 16.3. The van der Waals surface area contributed by atoms with Gasteiger partial charge < -0.3 is 24.2 Å². The average molecular weight is 379 g/mol. The fraction of sp³-hybridized carbons (Fsp3) is 0.650. The van der Waals surface area contributed by atoms with Crippen LogP contribution in [0.5, 0.6) is 0 Å². The van der Waals surface area contributed by atoms with Crippen LogP contribution in [0.4, 0.5) is 14.9 Å². The van der Waals surface area contributed by atoms with Crippen LogP contribution in [0.25, 0.3) is 0 Å². The third kappa shape index (κ3) is 4.90. The average Bonchev–Trinajstić information content (AvgIpc) is 2.72. The molecule has 2 fully saturated rings. The van der Waals surface area contributed by atoms with Crippen LogP contribution in [0.15, 0.2) is 24.3 Å². The molecule has 2 aliphatic rings. The molecule has 1 aromatic carbocycles. The van der Waals surface area contributed by atoms with E-state index in [9.17, 15) is 9.18 Å². The van der Waals surface area contributed by atoms with E-state index in [1.165, 1.54) is 19.2 Å². The van der Waals surface area contributed by atoms with Crippen LogP contribution in [-0.2, 0) is 9.47 Å². The molecule has 3 rings (SSSR count).